The Kier molecular flexibility index (Phi) is 27.7. The van der Waals surface area contributed by atoms with Gasteiger partial charge in [0.05, 0.1) is 0 Å². The van der Waals surface area contributed by atoms with Crippen molar-refractivity contribution in [1.29, 1.82) is 0 Å². The molecule has 0 saturated carbocycles. The average molecular weight is 697 g/mol. The number of hydrogen-bond donors (Lipinski definition) is 0. The van der Waals surface area contributed by atoms with Gasteiger partial charge in [0.2, 0.25) is 0 Å². The van der Waals surface area contributed by atoms with Gasteiger partial charge in [-0.05, 0) is 0 Å². The summed E-state index contributed by atoms with van der Waals surface area (Å²) in [5.41, 5.74) is 5.13. The molecule has 0 nitrogen and oxygen atoms in total. The molecule has 0 aromatic heterocycles. The summed E-state index contributed by atoms with van der Waals surface area (Å²) in [5.74, 6) is 0. The van der Waals surface area contributed by atoms with Gasteiger partial charge >= 0.3 is 0 Å². The van der Waals surface area contributed by atoms with Crippen LogP contribution in [0.3, 0.4) is 0 Å². The molecule has 0 atom stereocenters. The third-order valence-electron chi connectivity index (χ3n) is 2.47. The quantitative estimate of drug-likeness (QED) is 0.318. The van der Waals surface area contributed by atoms with E-state index in [-0.39, 0.29) is 196 Å². The summed E-state index contributed by atoms with van der Waals surface area (Å²) in [6.45, 7) is 0. The summed E-state index contributed by atoms with van der Waals surface area (Å²) in [6, 6.07) is 19.6. The smallest absolute Gasteiger partial charge is 0 e. The molecule has 19 heavy (non-hydrogen) atoms. The van der Waals surface area contributed by atoms with Crippen LogP contribution in [0.1, 0.15) is 11.1 Å². The van der Waals surface area contributed by atoms with E-state index in [1.165, 1.54) is 22.3 Å². The molecule has 2 aromatic carbocycles. The molecule has 0 amide bonds. The standard InChI is InChI=1S/C13H7.6Y/c1-3-7-12-10(5-1)9-11-6-2-4-8-13(11)12;;;;;;/h1-3,7-8H,9H2;;;;;;/q-3;;;;;;. The van der Waals surface area contributed by atoms with Crippen molar-refractivity contribution in [3.05, 3.63) is 59.7 Å². The van der Waals surface area contributed by atoms with Crippen LogP contribution in [-0.2, 0) is 203 Å². The first-order chi connectivity index (χ1) is 6.45. The van der Waals surface area contributed by atoms with Crippen molar-refractivity contribution in [2.24, 2.45) is 0 Å². The fourth-order valence-corrected chi connectivity index (χ4v) is 1.85. The summed E-state index contributed by atoms with van der Waals surface area (Å²) in [7, 11) is 0. The topological polar surface area (TPSA) is 0 Å². The molecular weight excluding hydrogens is 690 g/mol. The molecule has 0 bridgehead atoms. The Hall–Kier alpha value is 5.06. The van der Waals surface area contributed by atoms with Crippen molar-refractivity contribution in [2.75, 3.05) is 0 Å². The Bertz CT molecular complexity index is 429. The predicted molar refractivity (Wildman–Crippen MR) is 51.2 cm³/mol. The van der Waals surface area contributed by atoms with Gasteiger partial charge in [0, 0.05) is 196 Å². The maximum atomic E-state index is 3.26. The van der Waals surface area contributed by atoms with Crippen LogP contribution in [0.15, 0.2) is 30.3 Å². The second kappa shape index (κ2) is 16.5. The Labute approximate surface area is 266 Å². The fraction of sp³-hybridized carbons (Fsp3) is 0.0769. The van der Waals surface area contributed by atoms with Crippen molar-refractivity contribution < 1.29 is 196 Å². The van der Waals surface area contributed by atoms with Crippen molar-refractivity contribution in [3.8, 4) is 11.1 Å². The van der Waals surface area contributed by atoms with Crippen molar-refractivity contribution in [3.63, 3.8) is 0 Å². The van der Waals surface area contributed by atoms with E-state index in [1.807, 2.05) is 24.3 Å². The molecule has 0 heterocycles. The van der Waals surface area contributed by atoms with E-state index in [4.69, 9.17) is 0 Å². The van der Waals surface area contributed by atoms with E-state index in [0.717, 1.165) is 6.42 Å². The maximum Gasteiger partial charge on any atom is 0 e. The van der Waals surface area contributed by atoms with Gasteiger partial charge in [-0.15, -0.1) is 0 Å². The number of fused-ring (bicyclic) bond motifs is 3. The van der Waals surface area contributed by atoms with E-state index in [2.05, 4.69) is 24.3 Å². The number of hydrogen-bond acceptors (Lipinski definition) is 0. The van der Waals surface area contributed by atoms with Crippen LogP contribution < -0.4 is 0 Å². The third kappa shape index (κ3) is 8.32. The summed E-state index contributed by atoms with van der Waals surface area (Å²) < 4.78 is 0. The Balaban J connectivity index is -0.000000187. The monoisotopic (exact) mass is 696 g/mol. The summed E-state index contributed by atoms with van der Waals surface area (Å²) in [4.78, 5) is 0. The molecule has 2 aromatic rings. The molecule has 1 aliphatic carbocycles. The Morgan fingerprint density at radius 3 is 2.11 bits per heavy atom. The molecule has 0 N–H and O–H groups in total. The van der Waals surface area contributed by atoms with E-state index in [1.54, 1.807) is 0 Å². The summed E-state index contributed by atoms with van der Waals surface area (Å²) in [5, 5.41) is 0. The second-order valence-electron chi connectivity index (χ2n) is 3.23. The Morgan fingerprint density at radius 1 is 0.789 bits per heavy atom. The van der Waals surface area contributed by atoms with E-state index >= 15 is 0 Å². The molecule has 0 unspecified atom stereocenters. The predicted octanol–water partition coefficient (Wildman–Crippen LogP) is 2.64. The molecule has 0 spiro atoms. The van der Waals surface area contributed by atoms with E-state index in [0.29, 0.717) is 0 Å². The van der Waals surface area contributed by atoms with Gasteiger partial charge in [-0.1, -0.05) is 6.42 Å². The molecular formula is C13H7Y6-3. The van der Waals surface area contributed by atoms with Crippen LogP contribution in [0, 0.1) is 18.2 Å². The van der Waals surface area contributed by atoms with Gasteiger partial charge in [-0.25, -0.2) is 5.56 Å². The van der Waals surface area contributed by atoms with Crippen LogP contribution >= 0.6 is 0 Å². The first kappa shape index (κ1) is 31.8. The molecule has 6 heteroatoms. The minimum Gasteiger partial charge on any atom is -0.359 e. The van der Waals surface area contributed by atoms with E-state index in [9.17, 15) is 0 Å². The Morgan fingerprint density at radius 2 is 1.42 bits per heavy atom. The van der Waals surface area contributed by atoms with Crippen LogP contribution in [0.2, 0.25) is 0 Å². The molecule has 80 valence electrons. The van der Waals surface area contributed by atoms with E-state index < -0.39 is 0 Å². The molecule has 0 fully saturated rings. The van der Waals surface area contributed by atoms with Gasteiger partial charge in [0.25, 0.3) is 0 Å². The zero-order valence-corrected chi connectivity index (χ0v) is 27.6. The molecule has 0 saturated heterocycles. The van der Waals surface area contributed by atoms with Crippen molar-refractivity contribution in [1.82, 2.24) is 0 Å². The third-order valence-corrected chi connectivity index (χ3v) is 2.47. The summed E-state index contributed by atoms with van der Waals surface area (Å²) >= 11 is 0. The van der Waals surface area contributed by atoms with Crippen LogP contribution in [-0.4, -0.2) is 0 Å². The van der Waals surface area contributed by atoms with Gasteiger partial charge in [-0.2, -0.15) is 29.8 Å². The molecule has 1 aliphatic rings. The second-order valence-corrected chi connectivity index (χ2v) is 3.23. The van der Waals surface area contributed by atoms with Gasteiger partial charge in [0.15, 0.2) is 0 Å². The van der Waals surface area contributed by atoms with Crippen molar-refractivity contribution >= 4 is 0 Å². The minimum absolute atomic E-state index is 0. The normalized spacial score (nSPS) is 8.42. The van der Waals surface area contributed by atoms with Gasteiger partial charge < -0.3 is 29.8 Å². The first-order valence-corrected chi connectivity index (χ1v) is 4.36. The number of rotatable bonds is 0. The minimum atomic E-state index is 0. The summed E-state index contributed by atoms with van der Waals surface area (Å²) in [6.07, 6.45) is 0.972. The SMILES string of the molecule is [Y].[Y].[Y].[Y].[Y].[Y].[c-]1c[c-]c2c(c1)-c1ccc[c-]c1C2. The molecule has 0 aliphatic heterocycles. The molecule has 6 radical (unpaired) electrons. The first-order valence-electron chi connectivity index (χ1n) is 4.36. The van der Waals surface area contributed by atoms with Crippen LogP contribution in [0.5, 0.6) is 0 Å². The fourth-order valence-electron chi connectivity index (χ4n) is 1.85. The van der Waals surface area contributed by atoms with Crippen LogP contribution in [0.4, 0.5) is 0 Å². The van der Waals surface area contributed by atoms with Gasteiger partial charge in [-0.3, -0.25) is 5.56 Å². The molecule has 3 rings (SSSR count). The maximum absolute atomic E-state index is 3.26. The largest absolute Gasteiger partial charge is 0.359 e. The number of benzene rings is 2. The zero-order chi connectivity index (χ0) is 8.67. The van der Waals surface area contributed by atoms with Gasteiger partial charge in [0.1, 0.15) is 0 Å². The van der Waals surface area contributed by atoms with Crippen LogP contribution in [0.25, 0.3) is 11.1 Å². The van der Waals surface area contributed by atoms with Crippen molar-refractivity contribution in [2.45, 2.75) is 6.42 Å². The average Bonchev–Trinajstić information content (AvgIpc) is 2.56. The zero-order valence-electron chi connectivity index (χ0n) is 10.6.